The topological polar surface area (TPSA) is 77.8 Å². The molecule has 0 spiro atoms. The normalized spacial score (nSPS) is 15.3. The molecule has 1 atom stereocenters. The minimum absolute atomic E-state index is 0.128. The molecule has 7 nitrogen and oxygen atoms in total. The molecule has 0 saturated heterocycles. The van der Waals surface area contributed by atoms with Gasteiger partial charge in [-0.3, -0.25) is 14.3 Å². The molecule has 1 aromatic heterocycles. The molecule has 0 aliphatic carbocycles. The summed E-state index contributed by atoms with van der Waals surface area (Å²) in [7, 11) is 0. The zero-order valence-electron chi connectivity index (χ0n) is 19.6. The van der Waals surface area contributed by atoms with Gasteiger partial charge in [0.05, 0.1) is 17.8 Å². The Morgan fingerprint density at radius 1 is 1.09 bits per heavy atom. The first-order valence-corrected chi connectivity index (χ1v) is 11.7. The van der Waals surface area contributed by atoms with Gasteiger partial charge in [0.2, 0.25) is 0 Å². The fourth-order valence-electron chi connectivity index (χ4n) is 4.27. The molecule has 0 radical (unpaired) electrons. The molecule has 0 N–H and O–H groups in total. The van der Waals surface area contributed by atoms with Gasteiger partial charge < -0.3 is 9.47 Å². The number of rotatable bonds is 4. The van der Waals surface area contributed by atoms with Gasteiger partial charge in [-0.25, -0.2) is 9.59 Å². The molecule has 1 aliphatic heterocycles. The van der Waals surface area contributed by atoms with Gasteiger partial charge in [0.25, 0.3) is 5.91 Å². The number of carbonyl (C=O) groups excluding carboxylic acids is 3. The summed E-state index contributed by atoms with van der Waals surface area (Å²) in [5.41, 5.74) is 1.94. The Hall–Kier alpha value is -3.32. The maximum absolute atomic E-state index is 13.5. The lowest BCUT2D eigenvalue weighted by Crippen LogP contribution is -2.36. The quantitative estimate of drug-likeness (QED) is 0.358. The molecule has 2 heterocycles. The molecule has 178 valence electrons. The summed E-state index contributed by atoms with van der Waals surface area (Å²) >= 11 is 6.31. The van der Waals surface area contributed by atoms with Crippen LogP contribution in [0.1, 0.15) is 60.0 Å². The van der Waals surface area contributed by atoms with E-state index in [4.69, 9.17) is 21.1 Å². The van der Waals surface area contributed by atoms with E-state index in [1.54, 1.807) is 54.3 Å². The van der Waals surface area contributed by atoms with Gasteiger partial charge in [-0.2, -0.15) is 0 Å². The molecule has 4 rings (SSSR count). The first-order valence-electron chi connectivity index (χ1n) is 11.2. The van der Waals surface area contributed by atoms with E-state index in [0.717, 1.165) is 5.56 Å². The smallest absolute Gasteiger partial charge is 0.414 e. The van der Waals surface area contributed by atoms with E-state index in [9.17, 15) is 14.4 Å². The van der Waals surface area contributed by atoms with Crippen LogP contribution in [0.5, 0.6) is 0 Å². The molecule has 8 heteroatoms. The van der Waals surface area contributed by atoms with Crippen molar-refractivity contribution in [2.45, 2.75) is 39.2 Å². The van der Waals surface area contributed by atoms with Gasteiger partial charge in [0, 0.05) is 29.3 Å². The highest BCUT2D eigenvalue weighted by Gasteiger charge is 2.37. The SMILES string of the molecule is CCOC(=O)c1cc2c3c(ccc2n1C(=O)c1ccccc1)N(C(=O)OC(C)(C)C)CC3CCl. The van der Waals surface area contributed by atoms with Crippen LogP contribution in [0, 0.1) is 0 Å². The number of nitrogens with zero attached hydrogens (tertiary/aromatic N) is 2. The van der Waals surface area contributed by atoms with Crippen molar-refractivity contribution in [2.75, 3.05) is 23.9 Å². The Labute approximate surface area is 203 Å². The highest BCUT2D eigenvalue weighted by molar-refractivity contribution is 6.19. The van der Waals surface area contributed by atoms with E-state index in [1.807, 2.05) is 26.8 Å². The van der Waals surface area contributed by atoms with Crippen LogP contribution in [-0.2, 0) is 9.47 Å². The first-order chi connectivity index (χ1) is 16.2. The van der Waals surface area contributed by atoms with Crippen molar-refractivity contribution < 1.29 is 23.9 Å². The van der Waals surface area contributed by atoms with Crippen molar-refractivity contribution in [1.82, 2.24) is 4.57 Å². The fourth-order valence-corrected chi connectivity index (χ4v) is 4.52. The van der Waals surface area contributed by atoms with Crippen molar-refractivity contribution in [2.24, 2.45) is 0 Å². The number of benzene rings is 2. The third-order valence-corrected chi connectivity index (χ3v) is 5.99. The third-order valence-electron chi connectivity index (χ3n) is 5.61. The molecule has 0 fully saturated rings. The molecule has 3 aromatic rings. The van der Waals surface area contributed by atoms with Gasteiger partial charge in [-0.15, -0.1) is 11.6 Å². The summed E-state index contributed by atoms with van der Waals surface area (Å²) in [4.78, 5) is 40.8. The Morgan fingerprint density at radius 3 is 2.41 bits per heavy atom. The monoisotopic (exact) mass is 482 g/mol. The Morgan fingerprint density at radius 2 is 1.79 bits per heavy atom. The zero-order valence-corrected chi connectivity index (χ0v) is 20.4. The van der Waals surface area contributed by atoms with E-state index >= 15 is 0 Å². The van der Waals surface area contributed by atoms with E-state index in [-0.39, 0.29) is 30.0 Å². The van der Waals surface area contributed by atoms with Gasteiger partial charge >= 0.3 is 12.1 Å². The van der Waals surface area contributed by atoms with Crippen LogP contribution in [0.2, 0.25) is 0 Å². The molecule has 0 saturated carbocycles. The van der Waals surface area contributed by atoms with Crippen molar-refractivity contribution in [1.29, 1.82) is 0 Å². The van der Waals surface area contributed by atoms with E-state index in [2.05, 4.69) is 0 Å². The standard InChI is InChI=1S/C26H27ClN2O5/c1-5-33-24(31)21-13-18-19(29(21)23(30)16-9-7-6-8-10-16)11-12-20-22(18)17(14-27)15-28(20)25(32)34-26(2,3)4/h6-13,17H,5,14-15H2,1-4H3. The summed E-state index contributed by atoms with van der Waals surface area (Å²) in [6, 6.07) is 13.9. The first kappa shape index (κ1) is 23.8. The molecular formula is C26H27ClN2O5. The number of amides is 1. The van der Waals surface area contributed by atoms with Gasteiger partial charge in [-0.05, 0) is 63.6 Å². The highest BCUT2D eigenvalue weighted by Crippen LogP contribution is 2.43. The molecule has 1 aliphatic rings. The number of alkyl halides is 1. The average molecular weight is 483 g/mol. The maximum atomic E-state index is 13.5. The van der Waals surface area contributed by atoms with Crippen LogP contribution in [-0.4, -0.2) is 47.2 Å². The van der Waals surface area contributed by atoms with Crippen molar-refractivity contribution >= 4 is 46.2 Å². The molecule has 2 aromatic carbocycles. The summed E-state index contributed by atoms with van der Waals surface area (Å²) < 4.78 is 12.2. The van der Waals surface area contributed by atoms with Crippen LogP contribution in [0.3, 0.4) is 0 Å². The molecule has 34 heavy (non-hydrogen) atoms. The van der Waals surface area contributed by atoms with Crippen LogP contribution in [0.4, 0.5) is 10.5 Å². The van der Waals surface area contributed by atoms with E-state index < -0.39 is 17.7 Å². The number of hydrogen-bond donors (Lipinski definition) is 0. The molecule has 1 amide bonds. The zero-order chi connectivity index (χ0) is 24.6. The number of carbonyl (C=O) groups is 3. The van der Waals surface area contributed by atoms with Crippen molar-refractivity contribution in [3.63, 3.8) is 0 Å². The second kappa shape index (κ2) is 9.14. The predicted octanol–water partition coefficient (Wildman–Crippen LogP) is 5.58. The second-order valence-corrected chi connectivity index (χ2v) is 9.44. The minimum Gasteiger partial charge on any atom is -0.461 e. The van der Waals surface area contributed by atoms with E-state index in [1.165, 1.54) is 4.57 Å². The number of ether oxygens (including phenoxy) is 2. The van der Waals surface area contributed by atoms with E-state index in [0.29, 0.717) is 28.7 Å². The average Bonchev–Trinajstić information content (AvgIpc) is 3.37. The third kappa shape index (κ3) is 4.28. The summed E-state index contributed by atoms with van der Waals surface area (Å²) in [5, 5.41) is 0.682. The lowest BCUT2D eigenvalue weighted by Gasteiger charge is -2.25. The summed E-state index contributed by atoms with van der Waals surface area (Å²) in [5.74, 6) is -0.868. The number of esters is 1. The van der Waals surface area contributed by atoms with Crippen LogP contribution in [0.15, 0.2) is 48.5 Å². The van der Waals surface area contributed by atoms with Crippen LogP contribution in [0.25, 0.3) is 10.9 Å². The Bertz CT molecular complexity index is 1260. The Balaban J connectivity index is 1.91. The second-order valence-electron chi connectivity index (χ2n) is 9.13. The van der Waals surface area contributed by atoms with Gasteiger partial charge in [-0.1, -0.05) is 18.2 Å². The number of fused-ring (bicyclic) bond motifs is 3. The number of aromatic nitrogens is 1. The predicted molar refractivity (Wildman–Crippen MR) is 131 cm³/mol. The highest BCUT2D eigenvalue weighted by atomic mass is 35.5. The molecular weight excluding hydrogens is 456 g/mol. The van der Waals surface area contributed by atoms with Crippen LogP contribution < -0.4 is 4.90 Å². The number of anilines is 1. The Kier molecular flexibility index (Phi) is 6.41. The number of hydrogen-bond acceptors (Lipinski definition) is 5. The van der Waals surface area contributed by atoms with Crippen molar-refractivity contribution in [3.8, 4) is 0 Å². The summed E-state index contributed by atoms with van der Waals surface area (Å²) in [6.07, 6.45) is -0.467. The molecule has 1 unspecified atom stereocenters. The van der Waals surface area contributed by atoms with Crippen molar-refractivity contribution in [3.05, 3.63) is 65.4 Å². The minimum atomic E-state index is -0.650. The summed E-state index contributed by atoms with van der Waals surface area (Å²) in [6.45, 7) is 7.67. The molecule has 0 bridgehead atoms. The largest absolute Gasteiger partial charge is 0.461 e. The maximum Gasteiger partial charge on any atom is 0.414 e. The van der Waals surface area contributed by atoms with Gasteiger partial charge in [0.15, 0.2) is 0 Å². The van der Waals surface area contributed by atoms with Gasteiger partial charge in [0.1, 0.15) is 11.3 Å². The fraction of sp³-hybridized carbons (Fsp3) is 0.346. The van der Waals surface area contributed by atoms with Crippen LogP contribution >= 0.6 is 11.6 Å². The lowest BCUT2D eigenvalue weighted by molar-refractivity contribution is 0.0509. The lowest BCUT2D eigenvalue weighted by atomic mass is 9.99. The number of halogens is 1.